The van der Waals surface area contributed by atoms with Gasteiger partial charge in [-0.3, -0.25) is 4.79 Å². The number of nitrogens with one attached hydrogen (secondary N) is 3. The van der Waals surface area contributed by atoms with Crippen LogP contribution in [0.25, 0.3) is 16.6 Å². The SMILES string of the molecule is CN(C)CCCNC(=O)Nc1cccc2nn3c(C4CCN(C(=O)OC(C)(C)C)CC4)cc(=O)[nH]c3c12. The second-order valence-corrected chi connectivity index (χ2v) is 10.8. The number of aromatic nitrogens is 3. The monoisotopic (exact) mass is 511 g/mol. The summed E-state index contributed by atoms with van der Waals surface area (Å²) < 4.78 is 7.27. The number of aromatic amines is 1. The average molecular weight is 512 g/mol. The smallest absolute Gasteiger partial charge is 0.410 e. The van der Waals surface area contributed by atoms with Gasteiger partial charge in [0.15, 0.2) is 0 Å². The van der Waals surface area contributed by atoms with E-state index < -0.39 is 5.60 Å². The first kappa shape index (κ1) is 26.5. The number of anilines is 1. The van der Waals surface area contributed by atoms with Gasteiger partial charge >= 0.3 is 12.1 Å². The van der Waals surface area contributed by atoms with Crippen LogP contribution in [0, 0.1) is 0 Å². The van der Waals surface area contributed by atoms with Crippen LogP contribution in [-0.2, 0) is 4.74 Å². The molecule has 3 aromatic rings. The Bertz CT molecular complexity index is 1330. The van der Waals surface area contributed by atoms with Gasteiger partial charge in [0.1, 0.15) is 11.2 Å². The van der Waals surface area contributed by atoms with Crippen molar-refractivity contribution in [2.24, 2.45) is 0 Å². The predicted octanol–water partition coefficient (Wildman–Crippen LogP) is 3.36. The van der Waals surface area contributed by atoms with E-state index in [0.717, 1.165) is 18.7 Å². The second-order valence-electron chi connectivity index (χ2n) is 10.8. The molecule has 1 aliphatic heterocycles. The Labute approximate surface area is 216 Å². The van der Waals surface area contributed by atoms with Crippen LogP contribution in [0.3, 0.4) is 0 Å². The fourth-order valence-corrected chi connectivity index (χ4v) is 4.63. The zero-order valence-electron chi connectivity index (χ0n) is 22.3. The lowest BCUT2D eigenvalue weighted by Crippen LogP contribution is -2.41. The lowest BCUT2D eigenvalue weighted by molar-refractivity contribution is 0.0203. The minimum atomic E-state index is -0.545. The Morgan fingerprint density at radius 1 is 1.22 bits per heavy atom. The fraction of sp³-hybridized carbons (Fsp3) is 0.538. The second kappa shape index (κ2) is 10.8. The molecule has 0 saturated carbocycles. The van der Waals surface area contributed by atoms with Gasteiger partial charge in [0, 0.05) is 31.6 Å². The number of amides is 3. The Hall–Kier alpha value is -3.60. The van der Waals surface area contributed by atoms with Crippen LogP contribution in [0.4, 0.5) is 15.3 Å². The van der Waals surface area contributed by atoms with E-state index in [0.29, 0.717) is 54.7 Å². The molecule has 1 saturated heterocycles. The molecule has 3 amide bonds. The molecule has 3 heterocycles. The topological polar surface area (TPSA) is 124 Å². The maximum atomic E-state index is 12.7. The number of nitrogens with zero attached hydrogens (tertiary/aromatic N) is 4. The van der Waals surface area contributed by atoms with E-state index in [-0.39, 0.29) is 23.6 Å². The number of carbonyl (C=O) groups is 2. The standard InChI is InChI=1S/C26H37N7O4/c1-26(2,3)37-25(36)32-14-10-17(11-15-32)20-16-21(34)29-23-22-18(8-6-9-19(22)30-33(20)23)28-24(35)27-12-7-13-31(4)5/h6,8-9,16-17H,7,10-15H2,1-5H3,(H,29,34)(H2,27,28,35). The maximum absolute atomic E-state index is 12.7. The van der Waals surface area contributed by atoms with E-state index >= 15 is 0 Å². The molecule has 37 heavy (non-hydrogen) atoms. The molecule has 0 bridgehead atoms. The summed E-state index contributed by atoms with van der Waals surface area (Å²) in [5.41, 5.74) is 1.79. The molecular formula is C26H37N7O4. The van der Waals surface area contributed by atoms with Crippen molar-refractivity contribution in [3.05, 3.63) is 40.3 Å². The van der Waals surface area contributed by atoms with Gasteiger partial charge in [0.2, 0.25) is 0 Å². The summed E-state index contributed by atoms with van der Waals surface area (Å²) in [6.07, 6.45) is 1.90. The summed E-state index contributed by atoms with van der Waals surface area (Å²) in [5, 5.41) is 11.2. The lowest BCUT2D eigenvalue weighted by atomic mass is 9.93. The van der Waals surface area contributed by atoms with Gasteiger partial charge < -0.3 is 30.2 Å². The summed E-state index contributed by atoms with van der Waals surface area (Å²) in [7, 11) is 3.98. The van der Waals surface area contributed by atoms with Crippen LogP contribution in [0.1, 0.15) is 51.6 Å². The van der Waals surface area contributed by atoms with E-state index in [4.69, 9.17) is 9.84 Å². The van der Waals surface area contributed by atoms with Crippen molar-refractivity contribution < 1.29 is 14.3 Å². The Morgan fingerprint density at radius 2 is 1.95 bits per heavy atom. The molecule has 200 valence electrons. The summed E-state index contributed by atoms with van der Waals surface area (Å²) in [6, 6.07) is 6.76. The number of ether oxygens (including phenoxy) is 1. The summed E-state index contributed by atoms with van der Waals surface area (Å²) in [5.74, 6) is 0.0502. The molecule has 0 unspecified atom stereocenters. The van der Waals surface area contributed by atoms with Crippen LogP contribution < -0.4 is 16.2 Å². The van der Waals surface area contributed by atoms with Gasteiger partial charge in [-0.1, -0.05) is 6.07 Å². The van der Waals surface area contributed by atoms with Crippen molar-refractivity contribution in [3.63, 3.8) is 0 Å². The van der Waals surface area contributed by atoms with Crippen molar-refractivity contribution in [2.75, 3.05) is 45.6 Å². The van der Waals surface area contributed by atoms with Crippen molar-refractivity contribution in [1.82, 2.24) is 29.7 Å². The van der Waals surface area contributed by atoms with Crippen LogP contribution >= 0.6 is 0 Å². The number of H-pyrrole nitrogens is 1. The first-order valence-corrected chi connectivity index (χ1v) is 12.7. The third-order valence-corrected chi connectivity index (χ3v) is 6.34. The highest BCUT2D eigenvalue weighted by molar-refractivity contribution is 6.07. The molecule has 11 heteroatoms. The van der Waals surface area contributed by atoms with E-state index in [1.165, 1.54) is 0 Å². The molecule has 0 aliphatic carbocycles. The number of likely N-dealkylation sites (tertiary alicyclic amines) is 1. The molecule has 1 aliphatic rings. The van der Waals surface area contributed by atoms with E-state index in [1.807, 2.05) is 47.0 Å². The minimum absolute atomic E-state index is 0.0502. The Kier molecular flexibility index (Phi) is 7.72. The highest BCUT2D eigenvalue weighted by Crippen LogP contribution is 2.32. The third-order valence-electron chi connectivity index (χ3n) is 6.34. The zero-order valence-corrected chi connectivity index (χ0v) is 22.3. The molecule has 0 atom stereocenters. The summed E-state index contributed by atoms with van der Waals surface area (Å²) >= 11 is 0. The van der Waals surface area contributed by atoms with Crippen molar-refractivity contribution >= 4 is 34.4 Å². The first-order valence-electron chi connectivity index (χ1n) is 12.7. The van der Waals surface area contributed by atoms with Crippen LogP contribution in [0.2, 0.25) is 0 Å². The molecule has 1 fully saturated rings. The predicted molar refractivity (Wildman–Crippen MR) is 143 cm³/mol. The van der Waals surface area contributed by atoms with Crippen molar-refractivity contribution in [1.29, 1.82) is 0 Å². The van der Waals surface area contributed by atoms with Crippen molar-refractivity contribution in [3.8, 4) is 0 Å². The summed E-state index contributed by atoms with van der Waals surface area (Å²) in [4.78, 5) is 44.4. The number of fused-ring (bicyclic) bond motifs is 3. The molecule has 4 rings (SSSR count). The number of carbonyl (C=O) groups excluding carboxylic acids is 2. The molecule has 2 aromatic heterocycles. The van der Waals surface area contributed by atoms with E-state index in [2.05, 4.69) is 20.5 Å². The van der Waals surface area contributed by atoms with Gasteiger partial charge in [-0.05, 0) is 72.8 Å². The highest BCUT2D eigenvalue weighted by atomic mass is 16.6. The van der Waals surface area contributed by atoms with Crippen LogP contribution in [-0.4, -0.2) is 82.4 Å². The third kappa shape index (κ3) is 6.40. The molecule has 0 radical (unpaired) electrons. The van der Waals surface area contributed by atoms with Gasteiger partial charge in [0.25, 0.3) is 5.56 Å². The minimum Gasteiger partial charge on any atom is -0.444 e. The molecule has 11 nitrogen and oxygen atoms in total. The summed E-state index contributed by atoms with van der Waals surface area (Å²) in [6.45, 7) is 8.06. The molecule has 1 aromatic carbocycles. The largest absolute Gasteiger partial charge is 0.444 e. The number of urea groups is 1. The normalized spacial score (nSPS) is 14.9. The first-order chi connectivity index (χ1) is 17.5. The van der Waals surface area contributed by atoms with E-state index in [9.17, 15) is 14.4 Å². The number of benzene rings is 1. The fourth-order valence-electron chi connectivity index (χ4n) is 4.63. The molecular weight excluding hydrogens is 474 g/mol. The number of piperidine rings is 1. The zero-order chi connectivity index (χ0) is 26.7. The highest BCUT2D eigenvalue weighted by Gasteiger charge is 2.29. The Balaban J connectivity index is 1.55. The van der Waals surface area contributed by atoms with Crippen LogP contribution in [0.5, 0.6) is 0 Å². The van der Waals surface area contributed by atoms with Gasteiger partial charge in [-0.25, -0.2) is 14.1 Å². The molecule has 0 spiro atoms. The Morgan fingerprint density at radius 3 is 2.62 bits per heavy atom. The average Bonchev–Trinajstić information content (AvgIpc) is 3.19. The number of rotatable bonds is 6. The van der Waals surface area contributed by atoms with Gasteiger partial charge in [-0.2, -0.15) is 5.10 Å². The van der Waals surface area contributed by atoms with Crippen molar-refractivity contribution in [2.45, 2.75) is 51.6 Å². The van der Waals surface area contributed by atoms with Gasteiger partial charge in [-0.15, -0.1) is 0 Å². The number of hydrogen-bond acceptors (Lipinski definition) is 6. The van der Waals surface area contributed by atoms with E-state index in [1.54, 1.807) is 21.5 Å². The lowest BCUT2D eigenvalue weighted by Gasteiger charge is -2.33. The van der Waals surface area contributed by atoms with Gasteiger partial charge in [0.05, 0.1) is 22.3 Å². The quantitative estimate of drug-likeness (QED) is 0.436. The molecule has 3 N–H and O–H groups in total. The van der Waals surface area contributed by atoms with Crippen LogP contribution in [0.15, 0.2) is 29.1 Å². The maximum Gasteiger partial charge on any atom is 0.410 e. The number of hydrogen-bond donors (Lipinski definition) is 3.